The molecule has 1 aromatic heterocycles. The fourth-order valence-corrected chi connectivity index (χ4v) is 4.87. The zero-order valence-corrected chi connectivity index (χ0v) is 19.8. The number of likely N-dealkylation sites (tertiary alicyclic amines) is 1. The Hall–Kier alpha value is -2.95. The summed E-state index contributed by atoms with van der Waals surface area (Å²) in [6.45, 7) is 7.18. The molecule has 1 aromatic carbocycles. The first kappa shape index (κ1) is 25.2. The first-order chi connectivity index (χ1) is 16.6. The molecule has 1 N–H and O–H groups in total. The van der Waals surface area contributed by atoms with Crippen LogP contribution in [0.1, 0.15) is 37.9 Å². The maximum atomic E-state index is 13.1. The highest BCUT2D eigenvalue weighted by atomic mass is 19.4. The van der Waals surface area contributed by atoms with Crippen LogP contribution in [-0.2, 0) is 12.7 Å². The summed E-state index contributed by atoms with van der Waals surface area (Å²) in [5, 5.41) is 3.16. The number of carbonyl (C=O) groups excluding carboxylic acids is 1. The number of nitrogens with one attached hydrogen (secondary N) is 1. The molecule has 2 aliphatic rings. The van der Waals surface area contributed by atoms with Gasteiger partial charge in [-0.1, -0.05) is 12.1 Å². The largest absolute Gasteiger partial charge is 0.434 e. The van der Waals surface area contributed by atoms with Gasteiger partial charge in [-0.05, 0) is 44.4 Å². The number of halogens is 4. The molecule has 0 aliphatic carbocycles. The zero-order chi connectivity index (χ0) is 25.2. The van der Waals surface area contributed by atoms with Gasteiger partial charge in [0.1, 0.15) is 11.6 Å². The van der Waals surface area contributed by atoms with E-state index in [9.17, 15) is 22.4 Å². The minimum Gasteiger partial charge on any atom is -0.351 e. The predicted molar refractivity (Wildman–Crippen MR) is 123 cm³/mol. The molecular formula is C24H30F4N6O. The van der Waals surface area contributed by atoms with E-state index >= 15 is 0 Å². The van der Waals surface area contributed by atoms with E-state index in [-0.39, 0.29) is 30.0 Å². The number of carbonyl (C=O) groups is 1. The number of hydrogen-bond donors (Lipinski definition) is 1. The van der Waals surface area contributed by atoms with E-state index in [2.05, 4.69) is 20.2 Å². The predicted octanol–water partition coefficient (Wildman–Crippen LogP) is 3.91. The monoisotopic (exact) mass is 494 g/mol. The minimum absolute atomic E-state index is 0.0742. The van der Waals surface area contributed by atoms with Gasteiger partial charge in [-0.3, -0.25) is 4.90 Å². The van der Waals surface area contributed by atoms with Crippen LogP contribution in [0.25, 0.3) is 0 Å². The Balaban J connectivity index is 1.27. The Morgan fingerprint density at radius 2 is 1.66 bits per heavy atom. The summed E-state index contributed by atoms with van der Waals surface area (Å²) in [7, 11) is 0. The number of urea groups is 1. The Morgan fingerprint density at radius 1 is 1.03 bits per heavy atom. The van der Waals surface area contributed by atoms with Crippen molar-refractivity contribution >= 4 is 11.8 Å². The van der Waals surface area contributed by atoms with Gasteiger partial charge in [0.05, 0.1) is 12.4 Å². The van der Waals surface area contributed by atoms with Crippen LogP contribution in [0.4, 0.5) is 28.2 Å². The molecule has 11 heteroatoms. The molecule has 2 fully saturated rings. The molecule has 0 spiro atoms. The highest BCUT2D eigenvalue weighted by molar-refractivity contribution is 5.75. The summed E-state index contributed by atoms with van der Waals surface area (Å²) in [6.07, 6.45) is -0.989. The number of benzene rings is 1. The molecule has 0 unspecified atom stereocenters. The van der Waals surface area contributed by atoms with Crippen molar-refractivity contribution in [1.29, 1.82) is 0 Å². The van der Waals surface area contributed by atoms with Crippen LogP contribution in [-0.4, -0.2) is 70.1 Å². The van der Waals surface area contributed by atoms with Crippen molar-refractivity contribution < 1.29 is 22.4 Å². The van der Waals surface area contributed by atoms with Gasteiger partial charge in [-0.2, -0.15) is 13.2 Å². The number of amides is 2. The Bertz CT molecular complexity index is 981. The lowest BCUT2D eigenvalue weighted by Gasteiger charge is -2.45. The number of piperidine rings is 1. The van der Waals surface area contributed by atoms with Gasteiger partial charge in [-0.15, -0.1) is 0 Å². The van der Waals surface area contributed by atoms with Crippen molar-refractivity contribution in [3.63, 3.8) is 0 Å². The normalized spacial score (nSPS) is 22.3. The quantitative estimate of drug-likeness (QED) is 0.653. The van der Waals surface area contributed by atoms with Crippen molar-refractivity contribution in [2.45, 2.75) is 57.5 Å². The van der Waals surface area contributed by atoms with Gasteiger partial charge < -0.3 is 15.1 Å². The Morgan fingerprint density at radius 3 is 2.20 bits per heavy atom. The highest BCUT2D eigenvalue weighted by Crippen LogP contribution is 2.28. The van der Waals surface area contributed by atoms with Crippen molar-refractivity contribution in [3.05, 3.63) is 53.7 Å². The lowest BCUT2D eigenvalue weighted by atomic mass is 10.0. The highest BCUT2D eigenvalue weighted by Gasteiger charge is 2.36. The van der Waals surface area contributed by atoms with Crippen LogP contribution in [0.5, 0.6) is 0 Å². The fourth-order valence-electron chi connectivity index (χ4n) is 4.87. The van der Waals surface area contributed by atoms with E-state index in [1.54, 1.807) is 17.0 Å². The molecule has 35 heavy (non-hydrogen) atoms. The summed E-state index contributed by atoms with van der Waals surface area (Å²) in [5.41, 5.74) is 0.0382. The maximum Gasteiger partial charge on any atom is 0.434 e. The average Bonchev–Trinajstić information content (AvgIpc) is 2.81. The summed E-state index contributed by atoms with van der Waals surface area (Å²) in [5.74, 6) is 0.122. The molecule has 2 aromatic rings. The number of rotatable bonds is 4. The number of piperazine rings is 1. The lowest BCUT2D eigenvalue weighted by Crippen LogP contribution is -2.62. The van der Waals surface area contributed by atoms with Crippen LogP contribution >= 0.6 is 0 Å². The van der Waals surface area contributed by atoms with Crippen LogP contribution < -0.4 is 10.2 Å². The van der Waals surface area contributed by atoms with Crippen molar-refractivity contribution in [3.8, 4) is 0 Å². The van der Waals surface area contributed by atoms with Crippen LogP contribution in [0.3, 0.4) is 0 Å². The topological polar surface area (TPSA) is 64.6 Å². The third-order valence-electron chi connectivity index (χ3n) is 6.64. The molecule has 0 bridgehead atoms. The second-order valence-electron chi connectivity index (χ2n) is 9.39. The summed E-state index contributed by atoms with van der Waals surface area (Å²) in [6, 6.07) is 6.17. The maximum absolute atomic E-state index is 13.1. The summed E-state index contributed by atoms with van der Waals surface area (Å²) >= 11 is 0. The second-order valence-corrected chi connectivity index (χ2v) is 9.39. The molecule has 3 heterocycles. The third-order valence-corrected chi connectivity index (χ3v) is 6.64. The lowest BCUT2D eigenvalue weighted by molar-refractivity contribution is -0.141. The molecule has 0 saturated carbocycles. The SMILES string of the molecule is C[C@@H]1CN(c2cnc(C(F)(F)F)cn2)C[C@H](C)N1C(=O)NC1CCN(Cc2ccc(F)cc2)CC1. The molecule has 2 saturated heterocycles. The van der Waals surface area contributed by atoms with Gasteiger partial charge >= 0.3 is 12.2 Å². The Labute approximate surface area is 202 Å². The van der Waals surface area contributed by atoms with E-state index in [0.717, 1.165) is 50.4 Å². The minimum atomic E-state index is -4.53. The summed E-state index contributed by atoms with van der Waals surface area (Å²) in [4.78, 5) is 26.5. The van der Waals surface area contributed by atoms with Crippen molar-refractivity contribution in [2.24, 2.45) is 0 Å². The molecule has 0 radical (unpaired) electrons. The van der Waals surface area contributed by atoms with Gasteiger partial charge in [-0.25, -0.2) is 19.2 Å². The van der Waals surface area contributed by atoms with E-state index in [0.29, 0.717) is 18.9 Å². The van der Waals surface area contributed by atoms with Gasteiger partial charge in [0, 0.05) is 50.8 Å². The van der Waals surface area contributed by atoms with Crippen LogP contribution in [0.2, 0.25) is 0 Å². The Kier molecular flexibility index (Phi) is 7.44. The fraction of sp³-hybridized carbons (Fsp3) is 0.542. The standard InChI is InChI=1S/C24H30F4N6O/c1-16-13-33(22-12-29-21(11-30-22)24(26,27)28)14-17(2)34(16)23(35)31-20-7-9-32(10-8-20)15-18-3-5-19(25)6-4-18/h3-6,11-12,16-17,20H,7-10,13-15H2,1-2H3,(H,31,35)/t16-,17+. The number of anilines is 1. The number of nitrogens with zero attached hydrogens (tertiary/aromatic N) is 5. The molecule has 2 aliphatic heterocycles. The first-order valence-corrected chi connectivity index (χ1v) is 11.8. The van der Waals surface area contributed by atoms with Crippen molar-refractivity contribution in [2.75, 3.05) is 31.1 Å². The van der Waals surface area contributed by atoms with Gasteiger partial charge in [0.25, 0.3) is 0 Å². The van der Waals surface area contributed by atoms with Crippen LogP contribution in [0, 0.1) is 5.82 Å². The molecular weight excluding hydrogens is 464 g/mol. The van der Waals surface area contributed by atoms with Crippen molar-refractivity contribution in [1.82, 2.24) is 25.1 Å². The molecule has 2 atom stereocenters. The second kappa shape index (κ2) is 10.3. The number of hydrogen-bond acceptors (Lipinski definition) is 5. The van der Waals surface area contributed by atoms with E-state index in [1.165, 1.54) is 12.1 Å². The third kappa shape index (κ3) is 6.19. The zero-order valence-electron chi connectivity index (χ0n) is 19.8. The average molecular weight is 495 g/mol. The van der Waals surface area contributed by atoms with Gasteiger partial charge in [0.15, 0.2) is 5.69 Å². The molecule has 7 nitrogen and oxygen atoms in total. The molecule has 190 valence electrons. The number of alkyl halides is 3. The van der Waals surface area contributed by atoms with E-state index < -0.39 is 11.9 Å². The smallest absolute Gasteiger partial charge is 0.351 e. The molecule has 4 rings (SSSR count). The first-order valence-electron chi connectivity index (χ1n) is 11.8. The van der Waals surface area contributed by atoms with Gasteiger partial charge in [0.2, 0.25) is 0 Å². The van der Waals surface area contributed by atoms with E-state index in [1.807, 2.05) is 18.7 Å². The number of aromatic nitrogens is 2. The molecule has 2 amide bonds. The van der Waals surface area contributed by atoms with E-state index in [4.69, 9.17) is 0 Å². The van der Waals surface area contributed by atoms with Crippen LogP contribution in [0.15, 0.2) is 36.7 Å². The summed E-state index contributed by atoms with van der Waals surface area (Å²) < 4.78 is 51.4.